The van der Waals surface area contributed by atoms with Crippen molar-refractivity contribution >= 4 is 35.7 Å². The Labute approximate surface area is 219 Å². The Morgan fingerprint density at radius 1 is 0.447 bits per heavy atom. The van der Waals surface area contributed by atoms with E-state index >= 15 is 0 Å². The quantitative estimate of drug-likeness (QED) is 0.265. The van der Waals surface area contributed by atoms with Crippen molar-refractivity contribution < 1.29 is 28.8 Å². The first kappa shape index (κ1) is 26.7. The van der Waals surface area contributed by atoms with E-state index in [2.05, 4.69) is 21.3 Å². The molecule has 0 atom stereocenters. The third-order valence-corrected chi connectivity index (χ3v) is 7.47. The molecular formula is C28H30N4O6. The fourth-order valence-corrected chi connectivity index (χ4v) is 5.18. The molecule has 38 heavy (non-hydrogen) atoms. The molecule has 4 N–H and O–H groups in total. The van der Waals surface area contributed by atoms with Gasteiger partial charge in [-0.2, -0.15) is 0 Å². The van der Waals surface area contributed by atoms with Crippen molar-refractivity contribution in [1.82, 2.24) is 21.3 Å². The van der Waals surface area contributed by atoms with Crippen LogP contribution < -0.4 is 21.3 Å². The minimum absolute atomic E-state index is 0.127. The highest BCUT2D eigenvalue weighted by Crippen LogP contribution is 2.37. The molecule has 2 saturated heterocycles. The monoisotopic (exact) mass is 518 g/mol. The van der Waals surface area contributed by atoms with Gasteiger partial charge < -0.3 is 0 Å². The maximum atomic E-state index is 13.0. The first-order valence-electron chi connectivity index (χ1n) is 12.7. The van der Waals surface area contributed by atoms with Crippen molar-refractivity contribution in [2.45, 2.75) is 51.4 Å². The number of imide groups is 4. The highest BCUT2D eigenvalue weighted by Gasteiger charge is 2.51. The van der Waals surface area contributed by atoms with Crippen molar-refractivity contribution in [3.8, 4) is 0 Å². The Bertz CT molecular complexity index is 1110. The average Bonchev–Trinajstić information content (AvgIpc) is 2.89. The van der Waals surface area contributed by atoms with Crippen molar-refractivity contribution in [2.24, 2.45) is 10.8 Å². The van der Waals surface area contributed by atoms with Gasteiger partial charge in [-0.05, 0) is 49.7 Å². The lowest BCUT2D eigenvalue weighted by Gasteiger charge is -2.36. The maximum Gasteiger partial charge on any atom is 0.328 e. The second kappa shape index (κ2) is 11.4. The zero-order valence-corrected chi connectivity index (χ0v) is 20.9. The predicted molar refractivity (Wildman–Crippen MR) is 136 cm³/mol. The van der Waals surface area contributed by atoms with E-state index < -0.39 is 46.5 Å². The molecule has 10 heteroatoms. The molecule has 0 spiro atoms. The van der Waals surface area contributed by atoms with E-state index in [1.165, 1.54) is 0 Å². The molecule has 2 aromatic rings. The minimum Gasteiger partial charge on any atom is -0.277 e. The van der Waals surface area contributed by atoms with Crippen LogP contribution in [0.2, 0.25) is 0 Å². The van der Waals surface area contributed by atoms with E-state index in [4.69, 9.17) is 0 Å². The highest BCUT2D eigenvalue weighted by atomic mass is 16.2. The molecule has 2 heterocycles. The maximum absolute atomic E-state index is 13.0. The van der Waals surface area contributed by atoms with Gasteiger partial charge in [-0.15, -0.1) is 0 Å². The van der Waals surface area contributed by atoms with Gasteiger partial charge in [0.2, 0.25) is 23.6 Å². The van der Waals surface area contributed by atoms with Crippen molar-refractivity contribution in [3.63, 3.8) is 0 Å². The third-order valence-electron chi connectivity index (χ3n) is 7.47. The highest BCUT2D eigenvalue weighted by molar-refractivity contribution is 6.20. The van der Waals surface area contributed by atoms with Crippen LogP contribution in [0.15, 0.2) is 60.7 Å². The number of nitrogens with one attached hydrogen (secondary N) is 4. The van der Waals surface area contributed by atoms with Gasteiger partial charge in [0.25, 0.3) is 0 Å². The molecule has 10 nitrogen and oxygen atoms in total. The summed E-state index contributed by atoms with van der Waals surface area (Å²) in [5.41, 5.74) is -1.03. The number of urea groups is 2. The second-order valence-corrected chi connectivity index (χ2v) is 9.82. The summed E-state index contributed by atoms with van der Waals surface area (Å²) in [5.74, 6) is -2.61. The lowest BCUT2D eigenvalue weighted by Crippen LogP contribution is -2.63. The van der Waals surface area contributed by atoms with Crippen LogP contribution in [0.3, 0.4) is 0 Å². The topological polar surface area (TPSA) is 151 Å². The summed E-state index contributed by atoms with van der Waals surface area (Å²) in [6, 6.07) is 17.1. The van der Waals surface area contributed by atoms with E-state index in [-0.39, 0.29) is 25.7 Å². The molecule has 0 bridgehead atoms. The van der Waals surface area contributed by atoms with Crippen LogP contribution >= 0.6 is 0 Å². The molecular weight excluding hydrogens is 488 g/mol. The zero-order chi connectivity index (χ0) is 27.2. The van der Waals surface area contributed by atoms with Gasteiger partial charge in [-0.3, -0.25) is 40.4 Å². The zero-order valence-electron chi connectivity index (χ0n) is 20.9. The third kappa shape index (κ3) is 5.64. The van der Waals surface area contributed by atoms with Crippen LogP contribution in [-0.4, -0.2) is 35.7 Å². The fourth-order valence-electron chi connectivity index (χ4n) is 5.18. The van der Waals surface area contributed by atoms with E-state index in [1.807, 2.05) is 60.7 Å². The summed E-state index contributed by atoms with van der Waals surface area (Å²) in [6.45, 7) is 0. The molecule has 2 fully saturated rings. The fraction of sp³-hybridized carbons (Fsp3) is 0.357. The summed E-state index contributed by atoms with van der Waals surface area (Å²) in [6.07, 6.45) is 2.21. The number of benzene rings is 2. The van der Waals surface area contributed by atoms with Gasteiger partial charge in [0.15, 0.2) is 0 Å². The first-order valence-corrected chi connectivity index (χ1v) is 12.7. The Kier molecular flexibility index (Phi) is 7.99. The number of barbiturate groups is 2. The summed E-state index contributed by atoms with van der Waals surface area (Å²) in [5, 5.41) is 8.87. The number of carbonyl (C=O) groups excluding carboxylic acids is 6. The Morgan fingerprint density at radius 2 is 0.763 bits per heavy atom. The number of rotatable bonds is 11. The molecule has 0 radical (unpaired) electrons. The first-order chi connectivity index (χ1) is 18.2. The number of hydrogen-bond acceptors (Lipinski definition) is 6. The molecule has 0 saturated carbocycles. The predicted octanol–water partition coefficient (Wildman–Crippen LogP) is 2.52. The van der Waals surface area contributed by atoms with Crippen LogP contribution in [0, 0.1) is 10.8 Å². The normalized spacial score (nSPS) is 18.3. The van der Waals surface area contributed by atoms with Gasteiger partial charge in [-0.1, -0.05) is 73.5 Å². The Morgan fingerprint density at radius 3 is 1.08 bits per heavy atom. The Balaban J connectivity index is 1.47. The number of carbonyl (C=O) groups is 6. The molecule has 4 rings (SSSR count). The average molecular weight is 519 g/mol. The van der Waals surface area contributed by atoms with E-state index in [1.54, 1.807) is 0 Å². The van der Waals surface area contributed by atoms with Crippen molar-refractivity contribution in [2.75, 3.05) is 0 Å². The Hall–Kier alpha value is -4.34. The van der Waals surface area contributed by atoms with Gasteiger partial charge in [0.1, 0.15) is 10.8 Å². The van der Waals surface area contributed by atoms with Gasteiger partial charge >= 0.3 is 12.1 Å². The van der Waals surface area contributed by atoms with Crippen molar-refractivity contribution in [1.29, 1.82) is 0 Å². The van der Waals surface area contributed by atoms with E-state index in [0.29, 0.717) is 25.7 Å². The van der Waals surface area contributed by atoms with Crippen LogP contribution in [0.5, 0.6) is 0 Å². The van der Waals surface area contributed by atoms with Crippen molar-refractivity contribution in [3.05, 3.63) is 71.8 Å². The van der Waals surface area contributed by atoms with Crippen LogP contribution in [0.25, 0.3) is 0 Å². The smallest absolute Gasteiger partial charge is 0.277 e. The van der Waals surface area contributed by atoms with E-state index in [0.717, 1.165) is 11.1 Å². The summed E-state index contributed by atoms with van der Waals surface area (Å²) in [4.78, 5) is 75.3. The van der Waals surface area contributed by atoms with Crippen LogP contribution in [0.4, 0.5) is 9.59 Å². The lowest BCUT2D eigenvalue weighted by atomic mass is 9.72. The summed E-state index contributed by atoms with van der Waals surface area (Å²) < 4.78 is 0. The standard InChI is InChI=1S/C28H30N4O6/c33-21-27(22(34)30-25(37)29-21,17-13-19-9-3-1-4-10-19)15-7-8-16-28(18-14-20-11-5-2-6-12-20)23(35)31-26(38)32-24(28)36/h1-6,9-12H,7-8,13-18H2,(H2,29,30,33,34,37)(H2,31,32,35,36,38). The van der Waals surface area contributed by atoms with Gasteiger partial charge in [0.05, 0.1) is 0 Å². The molecule has 8 amide bonds. The van der Waals surface area contributed by atoms with Crippen LogP contribution in [0.1, 0.15) is 49.7 Å². The summed E-state index contributed by atoms with van der Waals surface area (Å²) >= 11 is 0. The lowest BCUT2D eigenvalue weighted by molar-refractivity contribution is -0.148. The molecule has 198 valence electrons. The van der Waals surface area contributed by atoms with Gasteiger partial charge in [-0.25, -0.2) is 9.59 Å². The SMILES string of the molecule is O=C1NC(=O)C(CCCCC2(CCc3ccccc3)C(=O)NC(=O)NC2=O)(CCc2ccccc2)C(=O)N1. The molecule has 2 aromatic carbocycles. The van der Waals surface area contributed by atoms with E-state index in [9.17, 15) is 28.8 Å². The second-order valence-electron chi connectivity index (χ2n) is 9.82. The molecule has 2 aliphatic heterocycles. The number of amides is 8. The minimum atomic E-state index is -1.46. The molecule has 0 unspecified atom stereocenters. The van der Waals surface area contributed by atoms with Gasteiger partial charge in [0, 0.05) is 0 Å². The van der Waals surface area contributed by atoms with Crippen LogP contribution in [-0.2, 0) is 32.0 Å². The largest absolute Gasteiger partial charge is 0.328 e. The molecule has 2 aliphatic rings. The summed E-state index contributed by atoms with van der Waals surface area (Å²) in [7, 11) is 0. The number of unbranched alkanes of at least 4 members (excludes halogenated alkanes) is 1. The molecule has 0 aliphatic carbocycles. The number of hydrogen-bond donors (Lipinski definition) is 4. The number of aryl methyl sites for hydroxylation is 2. The molecule has 0 aromatic heterocycles.